The minimum absolute atomic E-state index is 0.194. The van der Waals surface area contributed by atoms with Crippen molar-refractivity contribution < 1.29 is 24.3 Å². The number of aliphatic carboxylic acids is 1. The Hall–Kier alpha value is -2.90. The fraction of sp³-hybridized carbons (Fsp3) is 0.231. The van der Waals surface area contributed by atoms with Crippen LogP contribution < -0.4 is 16.4 Å². The second-order valence-electron chi connectivity index (χ2n) is 4.29. The highest BCUT2D eigenvalue weighted by Gasteiger charge is 2.22. The van der Waals surface area contributed by atoms with Gasteiger partial charge in [0.1, 0.15) is 6.04 Å². The van der Waals surface area contributed by atoms with E-state index in [4.69, 9.17) is 10.8 Å². The number of nitrogens with two attached hydrogens (primary N) is 1. The van der Waals surface area contributed by atoms with Gasteiger partial charge in [0, 0.05) is 18.2 Å². The van der Waals surface area contributed by atoms with Crippen molar-refractivity contribution >= 4 is 29.4 Å². The van der Waals surface area contributed by atoms with Crippen LogP contribution in [0.1, 0.15) is 23.7 Å². The molecule has 0 radical (unpaired) electrons. The van der Waals surface area contributed by atoms with Crippen LogP contribution in [0, 0.1) is 0 Å². The predicted octanol–water partition coefficient (Wildman–Crippen LogP) is -0.297. The molecule has 0 unspecified atom stereocenters. The zero-order chi connectivity index (χ0) is 16.0. The van der Waals surface area contributed by atoms with Crippen molar-refractivity contribution in [3.63, 3.8) is 0 Å². The van der Waals surface area contributed by atoms with Crippen molar-refractivity contribution in [2.24, 2.45) is 5.73 Å². The summed E-state index contributed by atoms with van der Waals surface area (Å²) in [6.45, 7) is 1.35. The van der Waals surface area contributed by atoms with Gasteiger partial charge in [-0.3, -0.25) is 14.4 Å². The average molecular weight is 293 g/mol. The van der Waals surface area contributed by atoms with Crippen LogP contribution in [0.5, 0.6) is 0 Å². The summed E-state index contributed by atoms with van der Waals surface area (Å²) in [5, 5.41) is 13.6. The molecule has 0 saturated heterocycles. The maximum Gasteiger partial charge on any atom is 0.326 e. The Morgan fingerprint density at radius 3 is 2.19 bits per heavy atom. The molecule has 0 bridgehead atoms. The first kappa shape index (κ1) is 16.2. The smallest absolute Gasteiger partial charge is 0.326 e. The molecular formula is C13H15N3O5. The molecule has 8 heteroatoms. The van der Waals surface area contributed by atoms with Gasteiger partial charge in [0.05, 0.1) is 6.42 Å². The monoisotopic (exact) mass is 293 g/mol. The minimum Gasteiger partial charge on any atom is -0.480 e. The topological polar surface area (TPSA) is 139 Å². The first-order valence-electron chi connectivity index (χ1n) is 5.99. The number of rotatable bonds is 6. The van der Waals surface area contributed by atoms with Crippen molar-refractivity contribution in [3.8, 4) is 0 Å². The van der Waals surface area contributed by atoms with Gasteiger partial charge in [0.15, 0.2) is 0 Å². The van der Waals surface area contributed by atoms with Crippen LogP contribution in [-0.2, 0) is 14.4 Å². The highest BCUT2D eigenvalue weighted by atomic mass is 16.4. The Balaban J connectivity index is 2.76. The van der Waals surface area contributed by atoms with E-state index in [0.29, 0.717) is 5.69 Å². The third-order valence-electron chi connectivity index (χ3n) is 2.48. The SMILES string of the molecule is CC(=O)Nc1ccc(C(=O)N[C@@H](CC(N)=O)C(=O)O)cc1. The lowest BCUT2D eigenvalue weighted by molar-refractivity contribution is -0.140. The van der Waals surface area contributed by atoms with Crippen LogP contribution in [0.4, 0.5) is 5.69 Å². The van der Waals surface area contributed by atoms with Gasteiger partial charge < -0.3 is 21.5 Å². The molecule has 1 aromatic rings. The molecule has 1 atom stereocenters. The first-order chi connectivity index (χ1) is 9.79. The molecule has 21 heavy (non-hydrogen) atoms. The van der Waals surface area contributed by atoms with Crippen LogP contribution in [-0.4, -0.2) is 34.8 Å². The number of benzene rings is 1. The highest BCUT2D eigenvalue weighted by molar-refractivity contribution is 5.98. The highest BCUT2D eigenvalue weighted by Crippen LogP contribution is 2.10. The van der Waals surface area contributed by atoms with Gasteiger partial charge in [-0.05, 0) is 24.3 Å². The van der Waals surface area contributed by atoms with E-state index in [1.807, 2.05) is 0 Å². The molecule has 112 valence electrons. The fourth-order valence-electron chi connectivity index (χ4n) is 1.55. The van der Waals surface area contributed by atoms with Gasteiger partial charge in [-0.1, -0.05) is 0 Å². The molecule has 0 fully saturated rings. The molecule has 1 rings (SSSR count). The van der Waals surface area contributed by atoms with E-state index >= 15 is 0 Å². The zero-order valence-corrected chi connectivity index (χ0v) is 11.3. The standard InChI is InChI=1S/C13H15N3O5/c1-7(17)15-9-4-2-8(3-5-9)12(19)16-10(13(20)21)6-11(14)18/h2-5,10H,6H2,1H3,(H2,14,18)(H,15,17)(H,16,19)(H,20,21)/t10-/m0/s1. The number of primary amides is 1. The van der Waals surface area contributed by atoms with E-state index in [9.17, 15) is 19.2 Å². The third-order valence-corrected chi connectivity index (χ3v) is 2.48. The number of carbonyl (C=O) groups is 4. The molecule has 0 aromatic heterocycles. The normalized spacial score (nSPS) is 11.3. The number of hydrogen-bond acceptors (Lipinski definition) is 4. The van der Waals surface area contributed by atoms with E-state index in [1.165, 1.54) is 31.2 Å². The molecule has 3 amide bonds. The summed E-state index contributed by atoms with van der Waals surface area (Å²) in [6, 6.07) is 4.46. The van der Waals surface area contributed by atoms with Crippen molar-refractivity contribution in [1.29, 1.82) is 0 Å². The lowest BCUT2D eigenvalue weighted by Crippen LogP contribution is -2.43. The number of amides is 3. The van der Waals surface area contributed by atoms with E-state index in [0.717, 1.165) is 0 Å². The molecule has 0 heterocycles. The second kappa shape index (κ2) is 7.04. The maximum absolute atomic E-state index is 11.9. The Bertz CT molecular complexity index is 568. The van der Waals surface area contributed by atoms with E-state index < -0.39 is 30.2 Å². The molecule has 0 saturated carbocycles. The Kier molecular flexibility index (Phi) is 5.41. The quantitative estimate of drug-likeness (QED) is 0.570. The predicted molar refractivity (Wildman–Crippen MR) is 73.4 cm³/mol. The summed E-state index contributed by atoms with van der Waals surface area (Å²) < 4.78 is 0. The van der Waals surface area contributed by atoms with Gasteiger partial charge in [-0.2, -0.15) is 0 Å². The van der Waals surface area contributed by atoms with Gasteiger partial charge in [-0.15, -0.1) is 0 Å². The van der Waals surface area contributed by atoms with Crippen molar-refractivity contribution in [1.82, 2.24) is 5.32 Å². The number of carboxylic acid groups (broad SMARTS) is 1. The average Bonchev–Trinajstić information content (AvgIpc) is 2.37. The Morgan fingerprint density at radius 1 is 1.19 bits per heavy atom. The van der Waals surface area contributed by atoms with Crippen LogP contribution >= 0.6 is 0 Å². The van der Waals surface area contributed by atoms with Crippen LogP contribution in [0.15, 0.2) is 24.3 Å². The largest absolute Gasteiger partial charge is 0.480 e. The van der Waals surface area contributed by atoms with Gasteiger partial charge in [-0.25, -0.2) is 4.79 Å². The van der Waals surface area contributed by atoms with Gasteiger partial charge >= 0.3 is 5.97 Å². The summed E-state index contributed by atoms with van der Waals surface area (Å²) in [4.78, 5) is 44.4. The van der Waals surface area contributed by atoms with Crippen LogP contribution in [0.2, 0.25) is 0 Å². The maximum atomic E-state index is 11.9. The number of anilines is 1. The lowest BCUT2D eigenvalue weighted by Gasteiger charge is -2.13. The first-order valence-corrected chi connectivity index (χ1v) is 5.99. The van der Waals surface area contributed by atoms with E-state index in [1.54, 1.807) is 0 Å². The van der Waals surface area contributed by atoms with Crippen molar-refractivity contribution in [3.05, 3.63) is 29.8 Å². The van der Waals surface area contributed by atoms with E-state index in [-0.39, 0.29) is 11.5 Å². The second-order valence-corrected chi connectivity index (χ2v) is 4.29. The zero-order valence-electron chi connectivity index (χ0n) is 11.3. The molecule has 0 aliphatic heterocycles. The molecule has 0 spiro atoms. The summed E-state index contributed by atoms with van der Waals surface area (Å²) in [5.74, 6) is -3.08. The number of carbonyl (C=O) groups excluding carboxylic acids is 3. The third kappa shape index (κ3) is 5.31. The number of carboxylic acids is 1. The summed E-state index contributed by atoms with van der Waals surface area (Å²) in [6.07, 6.45) is -0.495. The summed E-state index contributed by atoms with van der Waals surface area (Å²) in [7, 11) is 0. The molecule has 5 N–H and O–H groups in total. The van der Waals surface area contributed by atoms with Gasteiger partial charge in [0.2, 0.25) is 11.8 Å². The fourth-order valence-corrected chi connectivity index (χ4v) is 1.55. The van der Waals surface area contributed by atoms with E-state index in [2.05, 4.69) is 10.6 Å². The molecule has 0 aliphatic rings. The molecular weight excluding hydrogens is 278 g/mol. The summed E-state index contributed by atoms with van der Waals surface area (Å²) in [5.41, 5.74) is 5.62. The molecule has 1 aromatic carbocycles. The Labute approximate surface area is 120 Å². The summed E-state index contributed by atoms with van der Waals surface area (Å²) >= 11 is 0. The van der Waals surface area contributed by atoms with Gasteiger partial charge in [0.25, 0.3) is 5.91 Å². The molecule has 0 aliphatic carbocycles. The molecule has 8 nitrogen and oxygen atoms in total. The lowest BCUT2D eigenvalue weighted by atomic mass is 10.1. The number of hydrogen-bond donors (Lipinski definition) is 4. The van der Waals surface area contributed by atoms with Crippen molar-refractivity contribution in [2.45, 2.75) is 19.4 Å². The number of nitrogens with one attached hydrogen (secondary N) is 2. The minimum atomic E-state index is -1.38. The van der Waals surface area contributed by atoms with Crippen LogP contribution in [0.25, 0.3) is 0 Å². The van der Waals surface area contributed by atoms with Crippen molar-refractivity contribution in [2.75, 3.05) is 5.32 Å². The Morgan fingerprint density at radius 2 is 1.76 bits per heavy atom. The van der Waals surface area contributed by atoms with Crippen LogP contribution in [0.3, 0.4) is 0 Å².